The third-order valence-electron chi connectivity index (χ3n) is 6.62. The Balaban J connectivity index is 0.00000272. The number of hydrogen-bond donors (Lipinski definition) is 1. The molecule has 1 N–H and O–H groups in total. The molecular weight excluding hydrogens is 532 g/mol. The molecule has 4 rings (SSSR count). The number of likely N-dealkylation sites (tertiary alicyclic amines) is 1. The zero-order chi connectivity index (χ0) is 21.3. The number of piperazine rings is 1. The predicted octanol–water partition coefficient (Wildman–Crippen LogP) is 3.16. The first kappa shape index (κ1) is 24.5. The molecule has 172 valence electrons. The van der Waals surface area contributed by atoms with E-state index >= 15 is 0 Å². The number of halogens is 3. The van der Waals surface area contributed by atoms with E-state index in [-0.39, 0.29) is 53.7 Å². The Bertz CT molecular complexity index is 791. The molecule has 3 unspecified atom stereocenters. The van der Waals surface area contributed by atoms with Crippen LogP contribution in [0.25, 0.3) is 0 Å². The minimum absolute atomic E-state index is 0. The molecule has 3 atom stereocenters. The van der Waals surface area contributed by atoms with Crippen molar-refractivity contribution in [2.45, 2.75) is 44.2 Å². The van der Waals surface area contributed by atoms with Crippen molar-refractivity contribution in [1.29, 1.82) is 0 Å². The van der Waals surface area contributed by atoms with Gasteiger partial charge in [0, 0.05) is 68.9 Å². The lowest BCUT2D eigenvalue weighted by Crippen LogP contribution is -2.57. The summed E-state index contributed by atoms with van der Waals surface area (Å²) in [6.45, 7) is 7.10. The molecule has 0 spiro atoms. The number of carbonyl (C=O) groups is 1. The zero-order valence-corrected chi connectivity index (χ0v) is 21.3. The summed E-state index contributed by atoms with van der Waals surface area (Å²) in [5.74, 6) is 0.936. The number of carbonyl (C=O) groups excluding carboxylic acids is 1. The zero-order valence-electron chi connectivity index (χ0n) is 18.2. The van der Waals surface area contributed by atoms with Gasteiger partial charge in [0.2, 0.25) is 5.91 Å². The Morgan fingerprint density at radius 1 is 1.16 bits per heavy atom. The molecule has 2 saturated heterocycles. The van der Waals surface area contributed by atoms with Crippen molar-refractivity contribution in [2.24, 2.45) is 4.99 Å². The van der Waals surface area contributed by atoms with Gasteiger partial charge in [-0.15, -0.1) is 24.0 Å². The van der Waals surface area contributed by atoms with Gasteiger partial charge in [0.05, 0.1) is 6.04 Å². The Morgan fingerprint density at radius 3 is 2.45 bits per heavy atom. The molecule has 9 heteroatoms. The van der Waals surface area contributed by atoms with Crippen LogP contribution in [-0.4, -0.2) is 85.0 Å². The summed E-state index contributed by atoms with van der Waals surface area (Å²) < 4.78 is 14.2. The molecule has 1 aliphatic carbocycles. The first-order chi connectivity index (χ1) is 14.5. The van der Waals surface area contributed by atoms with Crippen molar-refractivity contribution in [3.05, 3.63) is 34.6 Å². The molecule has 0 bridgehead atoms. The van der Waals surface area contributed by atoms with E-state index in [1.807, 2.05) is 11.8 Å². The third kappa shape index (κ3) is 5.45. The maximum Gasteiger partial charge on any atom is 0.239 e. The highest BCUT2D eigenvalue weighted by Crippen LogP contribution is 2.45. The Hall–Kier alpha value is -1.13. The fraction of sp³-hybridized carbons (Fsp3) is 0.636. The number of rotatable bonds is 4. The molecule has 2 aliphatic heterocycles. The molecule has 3 aliphatic rings. The molecule has 1 aromatic carbocycles. The van der Waals surface area contributed by atoms with Gasteiger partial charge in [0.25, 0.3) is 0 Å². The summed E-state index contributed by atoms with van der Waals surface area (Å²) >= 11 is 6.22. The molecule has 0 radical (unpaired) electrons. The Labute approximate surface area is 206 Å². The lowest BCUT2D eigenvalue weighted by Gasteiger charge is -2.39. The summed E-state index contributed by atoms with van der Waals surface area (Å²) in [6.07, 6.45) is 3.09. The van der Waals surface area contributed by atoms with Crippen LogP contribution in [0, 0.1) is 5.82 Å². The number of nitrogens with zero attached hydrogens (tertiary/aromatic N) is 4. The quantitative estimate of drug-likeness (QED) is 0.348. The van der Waals surface area contributed by atoms with E-state index < -0.39 is 0 Å². The second-order valence-electron chi connectivity index (χ2n) is 8.51. The molecular formula is C22H32ClFIN5O. The molecule has 31 heavy (non-hydrogen) atoms. The Kier molecular flexibility index (Phi) is 8.43. The van der Waals surface area contributed by atoms with E-state index in [1.165, 1.54) is 6.07 Å². The van der Waals surface area contributed by atoms with Crippen LogP contribution in [-0.2, 0) is 4.79 Å². The highest BCUT2D eigenvalue weighted by Gasteiger charge is 2.42. The highest BCUT2D eigenvalue weighted by molar-refractivity contribution is 14.0. The standard InChI is InChI=1S/C22H31ClFN5O.HI/c1-15(21(30)28-8-3-4-9-28)27-10-12-29(13-11-27)22(25-2)26-19-14-16(19)20-17(23)6-5-7-18(20)24;/h5-7,15-16,19H,3-4,8-14H2,1-2H3,(H,25,26);1H. The number of amides is 1. The van der Waals surface area contributed by atoms with Gasteiger partial charge in [-0.05, 0) is 38.3 Å². The lowest BCUT2D eigenvalue weighted by atomic mass is 10.1. The van der Waals surface area contributed by atoms with E-state index in [2.05, 4.69) is 20.1 Å². The molecule has 1 saturated carbocycles. The van der Waals surface area contributed by atoms with Crippen molar-refractivity contribution in [2.75, 3.05) is 46.3 Å². The van der Waals surface area contributed by atoms with Crippen molar-refractivity contribution in [1.82, 2.24) is 20.0 Å². The van der Waals surface area contributed by atoms with E-state index in [4.69, 9.17) is 11.6 Å². The number of nitrogens with one attached hydrogen (secondary N) is 1. The van der Waals surface area contributed by atoms with Crippen LogP contribution in [0.4, 0.5) is 4.39 Å². The Morgan fingerprint density at radius 2 is 1.84 bits per heavy atom. The minimum atomic E-state index is -0.239. The summed E-state index contributed by atoms with van der Waals surface area (Å²) in [5.41, 5.74) is 0.603. The number of benzene rings is 1. The van der Waals surface area contributed by atoms with Crippen LogP contribution < -0.4 is 5.32 Å². The van der Waals surface area contributed by atoms with Gasteiger partial charge in [0.15, 0.2) is 5.96 Å². The van der Waals surface area contributed by atoms with Crippen LogP contribution in [0.5, 0.6) is 0 Å². The van der Waals surface area contributed by atoms with Crippen LogP contribution in [0.3, 0.4) is 0 Å². The van der Waals surface area contributed by atoms with Crippen LogP contribution in [0.2, 0.25) is 5.02 Å². The van der Waals surface area contributed by atoms with E-state index in [1.54, 1.807) is 19.2 Å². The second-order valence-corrected chi connectivity index (χ2v) is 8.91. The topological polar surface area (TPSA) is 51.2 Å². The predicted molar refractivity (Wildman–Crippen MR) is 133 cm³/mol. The molecule has 0 aromatic heterocycles. The van der Waals surface area contributed by atoms with Gasteiger partial charge >= 0.3 is 0 Å². The van der Waals surface area contributed by atoms with Crippen molar-refractivity contribution < 1.29 is 9.18 Å². The van der Waals surface area contributed by atoms with Crippen molar-refractivity contribution in [3.8, 4) is 0 Å². The first-order valence-corrected chi connectivity index (χ1v) is 11.3. The lowest BCUT2D eigenvalue weighted by molar-refractivity contribution is -0.135. The number of aliphatic imine (C=N–C) groups is 1. The van der Waals surface area contributed by atoms with Crippen molar-refractivity contribution >= 4 is 47.4 Å². The molecule has 2 heterocycles. The molecule has 6 nitrogen and oxygen atoms in total. The minimum Gasteiger partial charge on any atom is -0.353 e. The SMILES string of the molecule is CN=C(NC1CC1c1c(F)cccc1Cl)N1CCN(C(C)C(=O)N2CCCC2)CC1.I. The van der Waals surface area contributed by atoms with Gasteiger partial charge in [-0.1, -0.05) is 17.7 Å². The van der Waals surface area contributed by atoms with Crippen LogP contribution >= 0.6 is 35.6 Å². The van der Waals surface area contributed by atoms with E-state index in [0.717, 1.165) is 64.5 Å². The summed E-state index contributed by atoms with van der Waals surface area (Å²) in [7, 11) is 1.78. The van der Waals surface area contributed by atoms with Gasteiger partial charge in [-0.3, -0.25) is 14.7 Å². The fourth-order valence-corrected chi connectivity index (χ4v) is 4.98. The summed E-state index contributed by atoms with van der Waals surface area (Å²) in [5, 5.41) is 3.97. The fourth-order valence-electron chi connectivity index (χ4n) is 4.68. The monoisotopic (exact) mass is 563 g/mol. The maximum atomic E-state index is 14.2. The molecule has 1 aromatic rings. The van der Waals surface area contributed by atoms with E-state index in [9.17, 15) is 9.18 Å². The van der Waals surface area contributed by atoms with Crippen molar-refractivity contribution in [3.63, 3.8) is 0 Å². The summed E-state index contributed by atoms with van der Waals surface area (Å²) in [4.78, 5) is 23.6. The van der Waals surface area contributed by atoms with Crippen LogP contribution in [0.1, 0.15) is 37.7 Å². The average molecular weight is 564 g/mol. The number of guanidine groups is 1. The molecule has 3 fully saturated rings. The van der Waals surface area contributed by atoms with Gasteiger partial charge < -0.3 is 15.1 Å². The normalized spacial score (nSPS) is 25.2. The highest BCUT2D eigenvalue weighted by atomic mass is 127. The maximum absolute atomic E-state index is 14.2. The van der Waals surface area contributed by atoms with Gasteiger partial charge in [-0.2, -0.15) is 0 Å². The number of hydrogen-bond acceptors (Lipinski definition) is 3. The van der Waals surface area contributed by atoms with Gasteiger partial charge in [-0.25, -0.2) is 4.39 Å². The average Bonchev–Trinajstić information content (AvgIpc) is 3.27. The smallest absolute Gasteiger partial charge is 0.239 e. The first-order valence-electron chi connectivity index (χ1n) is 10.9. The van der Waals surface area contributed by atoms with E-state index in [0.29, 0.717) is 10.6 Å². The molecule has 1 amide bonds. The largest absolute Gasteiger partial charge is 0.353 e. The second kappa shape index (κ2) is 10.7. The van der Waals surface area contributed by atoms with Crippen LogP contribution in [0.15, 0.2) is 23.2 Å². The third-order valence-corrected chi connectivity index (χ3v) is 6.95. The summed E-state index contributed by atoms with van der Waals surface area (Å²) in [6, 6.07) is 4.92. The van der Waals surface area contributed by atoms with Gasteiger partial charge in [0.1, 0.15) is 5.82 Å².